The van der Waals surface area contributed by atoms with Gasteiger partial charge in [0.25, 0.3) is 0 Å². The van der Waals surface area contributed by atoms with E-state index in [4.69, 9.17) is 5.14 Å². The quantitative estimate of drug-likeness (QED) is 0.498. The summed E-state index contributed by atoms with van der Waals surface area (Å²) in [4.78, 5) is 0. The largest absolute Gasteiger partial charge is 0.284 e. The normalized spacial score (nSPS) is 48.5. The number of rotatable bonds is 1. The number of nitrogens with zero attached hydrogens (tertiary/aromatic N) is 1. The van der Waals surface area contributed by atoms with Crippen molar-refractivity contribution in [2.45, 2.75) is 0 Å². The zero-order valence-corrected chi connectivity index (χ0v) is 7.78. The third-order valence-corrected chi connectivity index (χ3v) is 11.1. The monoisotopic (exact) mass is 150 g/mol. The van der Waals surface area contributed by atoms with Gasteiger partial charge >= 0.3 is 0 Å². The Bertz CT molecular complexity index is 92.0. The first-order valence-electron chi connectivity index (χ1n) is 2.89. The first kappa shape index (κ1) is 6.60. The van der Waals surface area contributed by atoms with Crippen molar-refractivity contribution in [3.05, 3.63) is 0 Å². The molecule has 0 aromatic rings. The van der Waals surface area contributed by atoms with Gasteiger partial charge < -0.3 is 0 Å². The van der Waals surface area contributed by atoms with Crippen LogP contribution in [-0.2, 0) is 0 Å². The smallest absolute Gasteiger partial charge is 0.0454 e. The van der Waals surface area contributed by atoms with Gasteiger partial charge in [0.1, 0.15) is 0 Å². The van der Waals surface area contributed by atoms with Crippen LogP contribution in [0.1, 0.15) is 0 Å². The predicted molar refractivity (Wildman–Crippen MR) is 43.7 cm³/mol. The molecule has 1 rings (SSSR count). The van der Waals surface area contributed by atoms with E-state index in [1.165, 1.54) is 10.8 Å². The van der Waals surface area contributed by atoms with E-state index in [2.05, 4.69) is 18.4 Å². The standard InChI is InChI=1S/C4H14N2SSi/c1-6(2)7(5)3-8-4-7/h3-5,8H2,1-2H3. The lowest BCUT2D eigenvalue weighted by molar-refractivity contribution is 0.679. The van der Waals surface area contributed by atoms with Gasteiger partial charge in [0.05, 0.1) is 0 Å². The van der Waals surface area contributed by atoms with E-state index in [0.717, 1.165) is 0 Å². The third-order valence-electron chi connectivity index (χ3n) is 1.72. The summed E-state index contributed by atoms with van der Waals surface area (Å²) in [5.41, 5.74) is 0. The topological polar surface area (TPSA) is 29.3 Å². The molecule has 0 aromatic carbocycles. The molecule has 1 fully saturated rings. The second-order valence-corrected chi connectivity index (χ2v) is 8.98. The van der Waals surface area contributed by atoms with Gasteiger partial charge in [-0.05, 0) is 24.8 Å². The van der Waals surface area contributed by atoms with E-state index in [9.17, 15) is 0 Å². The maximum absolute atomic E-state index is 5.99. The summed E-state index contributed by atoms with van der Waals surface area (Å²) in [6, 6.07) is 0. The van der Waals surface area contributed by atoms with E-state index in [1.54, 1.807) is 0 Å². The summed E-state index contributed by atoms with van der Waals surface area (Å²) in [7, 11) is 3.87. The summed E-state index contributed by atoms with van der Waals surface area (Å²) >= 11 is 0. The molecule has 0 unspecified atom stereocenters. The molecule has 1 saturated heterocycles. The lowest BCUT2D eigenvalue weighted by Crippen LogP contribution is -2.44. The molecule has 1 aliphatic heterocycles. The Balaban J connectivity index is 2.41. The highest BCUT2D eigenvalue weighted by molar-refractivity contribution is 8.34. The highest BCUT2D eigenvalue weighted by atomic mass is 32.3. The molecule has 8 heavy (non-hydrogen) atoms. The summed E-state index contributed by atoms with van der Waals surface area (Å²) in [5.74, 6) is 0. The van der Waals surface area contributed by atoms with Crippen LogP contribution in [0.3, 0.4) is 0 Å². The molecule has 2 N–H and O–H groups in total. The minimum atomic E-state index is -0.660. The van der Waals surface area contributed by atoms with Gasteiger partial charge in [-0.1, -0.05) is 0 Å². The fourth-order valence-electron chi connectivity index (χ4n) is 0.805. The van der Waals surface area contributed by atoms with Crippen molar-refractivity contribution in [1.82, 2.24) is 4.31 Å². The predicted octanol–water partition coefficient (Wildman–Crippen LogP) is -0.761. The zero-order chi connectivity index (χ0) is 6.20. The second kappa shape index (κ2) is 2.02. The number of nitrogens with two attached hydrogens (primary N) is 1. The highest BCUT2D eigenvalue weighted by Gasteiger charge is 2.28. The van der Waals surface area contributed by atoms with Crippen molar-refractivity contribution in [3.8, 4) is 0 Å². The Hall–Kier alpha value is 0.487. The minimum absolute atomic E-state index is 0.328. The van der Waals surface area contributed by atoms with E-state index in [-0.39, 0.29) is 0 Å². The Morgan fingerprint density at radius 3 is 2.00 bits per heavy atom. The third kappa shape index (κ3) is 0.931. The van der Waals surface area contributed by atoms with Crippen LogP contribution < -0.4 is 5.14 Å². The lowest BCUT2D eigenvalue weighted by atomic mass is 11.3. The van der Waals surface area contributed by atoms with E-state index >= 15 is 0 Å². The SMILES string of the molecule is CN(C)S1(N)C[SiH2]C1. The molecule has 0 bridgehead atoms. The molecule has 0 saturated carbocycles. The zero-order valence-electron chi connectivity index (χ0n) is 5.55. The van der Waals surface area contributed by atoms with Crippen LogP contribution in [-0.4, -0.2) is 38.7 Å². The Morgan fingerprint density at radius 1 is 1.50 bits per heavy atom. The molecular weight excluding hydrogens is 136 g/mol. The molecule has 0 atom stereocenters. The number of hydrogen-bond acceptors (Lipinski definition) is 2. The van der Waals surface area contributed by atoms with Crippen LogP contribution in [0.4, 0.5) is 0 Å². The van der Waals surface area contributed by atoms with Crippen molar-refractivity contribution in [2.75, 3.05) is 24.8 Å². The first-order valence-corrected chi connectivity index (χ1v) is 6.88. The van der Waals surface area contributed by atoms with Crippen molar-refractivity contribution in [2.24, 2.45) is 5.14 Å². The van der Waals surface area contributed by atoms with Crippen LogP contribution >= 0.6 is 10.4 Å². The van der Waals surface area contributed by atoms with Crippen LogP contribution in [0, 0.1) is 0 Å². The average Bonchev–Trinajstić information content (AvgIpc) is 1.60. The Morgan fingerprint density at radius 2 is 2.00 bits per heavy atom. The first-order chi connectivity index (χ1) is 3.65. The maximum atomic E-state index is 5.99. The molecule has 1 heterocycles. The molecule has 0 aliphatic carbocycles. The van der Waals surface area contributed by atoms with Gasteiger partial charge in [-0.15, -0.1) is 10.4 Å². The molecule has 0 spiro atoms. The summed E-state index contributed by atoms with van der Waals surface area (Å²) in [6.07, 6.45) is 0. The fourth-order valence-corrected chi connectivity index (χ4v) is 7.25. The Labute approximate surface area is 54.8 Å². The molecule has 0 aromatic heterocycles. The van der Waals surface area contributed by atoms with Crippen LogP contribution in [0.15, 0.2) is 0 Å². The van der Waals surface area contributed by atoms with Crippen LogP contribution in [0.25, 0.3) is 0 Å². The summed E-state index contributed by atoms with van der Waals surface area (Å²) < 4.78 is 2.23. The van der Waals surface area contributed by atoms with E-state index in [1.807, 2.05) is 0 Å². The van der Waals surface area contributed by atoms with Gasteiger partial charge in [-0.2, -0.15) is 0 Å². The van der Waals surface area contributed by atoms with Crippen LogP contribution in [0.2, 0.25) is 0 Å². The number of hydrogen-bond donors (Lipinski definition) is 1. The lowest BCUT2D eigenvalue weighted by Gasteiger charge is -2.49. The van der Waals surface area contributed by atoms with Gasteiger partial charge in [0, 0.05) is 9.52 Å². The average molecular weight is 150 g/mol. The Kier molecular flexibility index (Phi) is 1.67. The highest BCUT2D eigenvalue weighted by Crippen LogP contribution is 2.46. The van der Waals surface area contributed by atoms with Gasteiger partial charge in [0.2, 0.25) is 0 Å². The van der Waals surface area contributed by atoms with E-state index < -0.39 is 10.4 Å². The maximum Gasteiger partial charge on any atom is 0.0454 e. The molecule has 4 heteroatoms. The molecule has 1 aliphatic rings. The molecule has 0 radical (unpaired) electrons. The van der Waals surface area contributed by atoms with Gasteiger partial charge in [0.15, 0.2) is 0 Å². The second-order valence-electron chi connectivity index (χ2n) is 2.48. The minimum Gasteiger partial charge on any atom is -0.284 e. The van der Waals surface area contributed by atoms with E-state index in [0.29, 0.717) is 9.52 Å². The molecule has 2 nitrogen and oxygen atoms in total. The summed E-state index contributed by atoms with van der Waals surface area (Å²) in [6.45, 7) is 0. The van der Waals surface area contributed by atoms with Crippen molar-refractivity contribution < 1.29 is 0 Å². The van der Waals surface area contributed by atoms with Crippen molar-refractivity contribution in [1.29, 1.82) is 0 Å². The van der Waals surface area contributed by atoms with Crippen LogP contribution in [0.5, 0.6) is 0 Å². The fraction of sp³-hybridized carbons (Fsp3) is 1.00. The van der Waals surface area contributed by atoms with Crippen molar-refractivity contribution >= 4 is 19.9 Å². The molecule has 50 valence electrons. The van der Waals surface area contributed by atoms with Gasteiger partial charge in [-0.3, -0.25) is 9.44 Å². The van der Waals surface area contributed by atoms with Gasteiger partial charge in [-0.25, -0.2) is 0 Å². The summed E-state index contributed by atoms with van der Waals surface area (Å²) in [5, 5.41) is 8.77. The van der Waals surface area contributed by atoms with Crippen molar-refractivity contribution in [3.63, 3.8) is 0 Å². The molecule has 0 amide bonds. The molecular formula is C4H14N2SSi.